The van der Waals surface area contributed by atoms with Crippen molar-refractivity contribution in [2.45, 2.75) is 18.9 Å². The number of pyridine rings is 1. The predicted molar refractivity (Wildman–Crippen MR) is 83.8 cm³/mol. The van der Waals surface area contributed by atoms with Crippen molar-refractivity contribution >= 4 is 42.3 Å². The molecule has 20 heavy (non-hydrogen) atoms. The van der Waals surface area contributed by atoms with E-state index >= 15 is 0 Å². The van der Waals surface area contributed by atoms with Gasteiger partial charge in [0.2, 0.25) is 0 Å². The fourth-order valence-electron chi connectivity index (χ4n) is 3.19. The minimum Gasteiger partial charge on any atom is -0.338 e. The van der Waals surface area contributed by atoms with Gasteiger partial charge >= 0.3 is 0 Å². The van der Waals surface area contributed by atoms with E-state index in [1.54, 1.807) is 12.3 Å². The number of carbonyl (C=O) groups excluding carboxylic acids is 1. The zero-order chi connectivity index (χ0) is 12.7. The third-order valence-corrected chi connectivity index (χ3v) is 4.50. The van der Waals surface area contributed by atoms with Crippen LogP contribution in [0.25, 0.3) is 0 Å². The van der Waals surface area contributed by atoms with Gasteiger partial charge in [0.15, 0.2) is 0 Å². The Bertz CT molecular complexity index is 486. The van der Waals surface area contributed by atoms with Crippen LogP contribution in [-0.4, -0.2) is 34.9 Å². The number of rotatable bonds is 1. The summed E-state index contributed by atoms with van der Waals surface area (Å²) in [4.78, 5) is 18.2. The van der Waals surface area contributed by atoms with Gasteiger partial charge in [0, 0.05) is 31.5 Å². The molecule has 7 heteroatoms. The summed E-state index contributed by atoms with van der Waals surface area (Å²) in [5, 5.41) is 0.420. The molecule has 1 aliphatic carbocycles. The Morgan fingerprint density at radius 2 is 2.10 bits per heavy atom. The summed E-state index contributed by atoms with van der Waals surface area (Å²) in [5.41, 5.74) is 6.62. The molecule has 1 aromatic rings. The standard InChI is InChI=1S/C13H16ClN3O.2ClH/c14-11-5-16-4-3-9(11)13(18)17-6-8-1-2-12(15)10(8)7-17;;/h3-5,8,10,12H,1-2,6-7,15H2;2*1H. The van der Waals surface area contributed by atoms with Gasteiger partial charge in [0.25, 0.3) is 5.91 Å². The molecule has 3 unspecified atom stereocenters. The highest BCUT2D eigenvalue weighted by molar-refractivity contribution is 6.33. The largest absolute Gasteiger partial charge is 0.338 e. The van der Waals surface area contributed by atoms with E-state index in [4.69, 9.17) is 17.3 Å². The molecule has 1 amide bonds. The van der Waals surface area contributed by atoms with E-state index in [2.05, 4.69) is 4.98 Å². The molecule has 0 spiro atoms. The first-order valence-electron chi connectivity index (χ1n) is 6.31. The number of hydrogen-bond donors (Lipinski definition) is 1. The molecule has 112 valence electrons. The number of amides is 1. The number of likely N-dealkylation sites (tertiary alicyclic amines) is 1. The van der Waals surface area contributed by atoms with Crippen molar-refractivity contribution in [2.75, 3.05) is 13.1 Å². The molecule has 4 nitrogen and oxygen atoms in total. The lowest BCUT2D eigenvalue weighted by atomic mass is 9.98. The first kappa shape index (κ1) is 17.5. The van der Waals surface area contributed by atoms with E-state index in [9.17, 15) is 4.79 Å². The van der Waals surface area contributed by atoms with Crippen LogP contribution in [-0.2, 0) is 0 Å². The number of nitrogens with zero attached hydrogens (tertiary/aromatic N) is 2. The van der Waals surface area contributed by atoms with E-state index in [-0.39, 0.29) is 36.8 Å². The summed E-state index contributed by atoms with van der Waals surface area (Å²) in [6.45, 7) is 1.58. The topological polar surface area (TPSA) is 59.2 Å². The van der Waals surface area contributed by atoms with Crippen LogP contribution in [0.2, 0.25) is 5.02 Å². The molecular weight excluding hydrogens is 321 g/mol. The van der Waals surface area contributed by atoms with Crippen LogP contribution in [0.1, 0.15) is 23.2 Å². The van der Waals surface area contributed by atoms with Gasteiger partial charge in [-0.05, 0) is 30.7 Å². The van der Waals surface area contributed by atoms with Gasteiger partial charge in [-0.2, -0.15) is 0 Å². The number of halogens is 3. The number of carbonyl (C=O) groups is 1. The summed E-state index contributed by atoms with van der Waals surface area (Å²) in [6, 6.07) is 1.93. The SMILES string of the molecule is Cl.Cl.NC1CCC2CN(C(=O)c3ccncc3Cl)CC12. The first-order valence-corrected chi connectivity index (χ1v) is 6.69. The van der Waals surface area contributed by atoms with E-state index in [0.29, 0.717) is 22.4 Å². The lowest BCUT2D eigenvalue weighted by Gasteiger charge is -2.19. The second-order valence-corrected chi connectivity index (χ2v) is 5.64. The monoisotopic (exact) mass is 337 g/mol. The lowest BCUT2D eigenvalue weighted by molar-refractivity contribution is 0.0779. The molecule has 1 aromatic heterocycles. The van der Waals surface area contributed by atoms with E-state index in [1.807, 2.05) is 4.90 Å². The fourth-order valence-corrected chi connectivity index (χ4v) is 3.39. The molecule has 2 aliphatic rings. The molecule has 1 aliphatic heterocycles. The summed E-state index contributed by atoms with van der Waals surface area (Å²) >= 11 is 6.01. The Labute approximate surface area is 135 Å². The number of nitrogens with two attached hydrogens (primary N) is 1. The van der Waals surface area contributed by atoms with Gasteiger partial charge in [-0.15, -0.1) is 24.8 Å². The third-order valence-electron chi connectivity index (χ3n) is 4.20. The zero-order valence-corrected chi connectivity index (χ0v) is 13.3. The summed E-state index contributed by atoms with van der Waals surface area (Å²) in [5.74, 6) is 1.04. The molecule has 0 radical (unpaired) electrons. The predicted octanol–water partition coefficient (Wildman–Crippen LogP) is 2.39. The van der Waals surface area contributed by atoms with Crippen molar-refractivity contribution in [3.63, 3.8) is 0 Å². The van der Waals surface area contributed by atoms with Gasteiger partial charge in [-0.3, -0.25) is 9.78 Å². The van der Waals surface area contributed by atoms with Crippen LogP contribution < -0.4 is 5.73 Å². The van der Waals surface area contributed by atoms with Gasteiger partial charge in [-0.25, -0.2) is 0 Å². The van der Waals surface area contributed by atoms with E-state index in [0.717, 1.165) is 25.9 Å². The first-order chi connectivity index (χ1) is 8.66. The minimum absolute atomic E-state index is 0. The van der Waals surface area contributed by atoms with Crippen molar-refractivity contribution in [3.8, 4) is 0 Å². The van der Waals surface area contributed by atoms with Gasteiger partial charge < -0.3 is 10.6 Å². The number of aromatic nitrogens is 1. The molecule has 0 aromatic carbocycles. The van der Waals surface area contributed by atoms with Crippen molar-refractivity contribution in [1.29, 1.82) is 0 Å². The molecular formula is C13H18Cl3N3O. The normalized spacial score (nSPS) is 27.5. The van der Waals surface area contributed by atoms with Crippen LogP contribution in [0.5, 0.6) is 0 Å². The Morgan fingerprint density at radius 1 is 1.35 bits per heavy atom. The summed E-state index contributed by atoms with van der Waals surface area (Å²) in [6.07, 6.45) is 5.34. The third kappa shape index (κ3) is 3.03. The van der Waals surface area contributed by atoms with Crippen LogP contribution >= 0.6 is 36.4 Å². The Morgan fingerprint density at radius 3 is 2.75 bits per heavy atom. The quantitative estimate of drug-likeness (QED) is 0.855. The number of fused-ring (bicyclic) bond motifs is 1. The van der Waals surface area contributed by atoms with Gasteiger partial charge in [-0.1, -0.05) is 11.6 Å². The van der Waals surface area contributed by atoms with Crippen molar-refractivity contribution in [1.82, 2.24) is 9.88 Å². The van der Waals surface area contributed by atoms with Crippen LogP contribution in [0.15, 0.2) is 18.5 Å². The van der Waals surface area contributed by atoms with E-state index in [1.165, 1.54) is 6.20 Å². The minimum atomic E-state index is 0. The van der Waals surface area contributed by atoms with Crippen molar-refractivity contribution < 1.29 is 4.79 Å². The molecule has 1 saturated carbocycles. The van der Waals surface area contributed by atoms with Crippen LogP contribution in [0, 0.1) is 11.8 Å². The molecule has 3 rings (SSSR count). The maximum Gasteiger partial charge on any atom is 0.255 e. The Kier molecular flexibility index (Phi) is 6.07. The summed E-state index contributed by atoms with van der Waals surface area (Å²) < 4.78 is 0. The highest BCUT2D eigenvalue weighted by atomic mass is 35.5. The maximum atomic E-state index is 12.4. The van der Waals surface area contributed by atoms with Crippen LogP contribution in [0.3, 0.4) is 0 Å². The Balaban J connectivity index is 0.000001000. The Hall–Kier alpha value is -0.550. The fraction of sp³-hybridized carbons (Fsp3) is 0.538. The molecule has 0 bridgehead atoms. The number of hydrogen-bond acceptors (Lipinski definition) is 3. The highest BCUT2D eigenvalue weighted by Gasteiger charge is 2.42. The van der Waals surface area contributed by atoms with Gasteiger partial charge in [0.05, 0.1) is 10.6 Å². The second kappa shape index (κ2) is 6.94. The van der Waals surface area contributed by atoms with Crippen molar-refractivity contribution in [3.05, 3.63) is 29.0 Å². The maximum absolute atomic E-state index is 12.4. The second-order valence-electron chi connectivity index (χ2n) is 5.23. The summed E-state index contributed by atoms with van der Waals surface area (Å²) in [7, 11) is 0. The molecule has 3 atom stereocenters. The lowest BCUT2D eigenvalue weighted by Crippen LogP contribution is -2.33. The molecule has 2 fully saturated rings. The van der Waals surface area contributed by atoms with E-state index < -0.39 is 0 Å². The smallest absolute Gasteiger partial charge is 0.255 e. The average molecular weight is 339 g/mol. The molecule has 2 N–H and O–H groups in total. The highest BCUT2D eigenvalue weighted by Crippen LogP contribution is 2.37. The van der Waals surface area contributed by atoms with Crippen molar-refractivity contribution in [2.24, 2.45) is 17.6 Å². The molecule has 2 heterocycles. The average Bonchev–Trinajstić information content (AvgIpc) is 2.92. The zero-order valence-electron chi connectivity index (χ0n) is 10.9. The van der Waals surface area contributed by atoms with Gasteiger partial charge in [0.1, 0.15) is 0 Å². The van der Waals surface area contributed by atoms with Crippen LogP contribution in [0.4, 0.5) is 0 Å². The molecule has 1 saturated heterocycles.